The topological polar surface area (TPSA) is 84.9 Å². The highest BCUT2D eigenvalue weighted by atomic mass is 16.5. The van der Waals surface area contributed by atoms with Crippen LogP contribution in [-0.2, 0) is 19.1 Å². The van der Waals surface area contributed by atoms with E-state index >= 15 is 0 Å². The fourth-order valence-corrected chi connectivity index (χ4v) is 1.76. The van der Waals surface area contributed by atoms with Gasteiger partial charge in [0.15, 0.2) is 0 Å². The highest BCUT2D eigenvalue weighted by Gasteiger charge is 2.18. The molecule has 0 aromatic heterocycles. The predicted molar refractivity (Wildman–Crippen MR) is 64.3 cm³/mol. The molecule has 1 aliphatic rings. The van der Waals surface area contributed by atoms with Crippen LogP contribution in [0.15, 0.2) is 0 Å². The third kappa shape index (κ3) is 5.46. The first-order chi connectivity index (χ1) is 8.63. The Kier molecular flexibility index (Phi) is 6.67. The maximum Gasteiger partial charge on any atom is 0.326 e. The van der Waals surface area contributed by atoms with Crippen LogP contribution in [0, 0.1) is 0 Å². The summed E-state index contributed by atoms with van der Waals surface area (Å²) in [5, 5.41) is 11.2. The van der Waals surface area contributed by atoms with E-state index in [2.05, 4.69) is 5.32 Å². The number of hydrogen-bond acceptors (Lipinski definition) is 4. The van der Waals surface area contributed by atoms with Crippen molar-refractivity contribution in [1.29, 1.82) is 0 Å². The Hall–Kier alpha value is -1.14. The fraction of sp³-hybridized carbons (Fsp3) is 0.833. The lowest BCUT2D eigenvalue weighted by Gasteiger charge is -2.13. The number of aliphatic carboxylic acids is 1. The van der Waals surface area contributed by atoms with E-state index < -0.39 is 12.0 Å². The van der Waals surface area contributed by atoms with Crippen LogP contribution in [0.2, 0.25) is 0 Å². The molecule has 0 aromatic rings. The first kappa shape index (κ1) is 14.9. The van der Waals surface area contributed by atoms with Crippen molar-refractivity contribution in [2.45, 2.75) is 44.8 Å². The normalized spacial score (nSPS) is 20.6. The van der Waals surface area contributed by atoms with Crippen LogP contribution in [0.5, 0.6) is 0 Å². The molecule has 1 fully saturated rings. The van der Waals surface area contributed by atoms with Crippen LogP contribution in [0.3, 0.4) is 0 Å². The maximum absolute atomic E-state index is 11.4. The van der Waals surface area contributed by atoms with Crippen molar-refractivity contribution in [3.63, 3.8) is 0 Å². The van der Waals surface area contributed by atoms with E-state index in [9.17, 15) is 9.59 Å². The van der Waals surface area contributed by atoms with Gasteiger partial charge >= 0.3 is 5.97 Å². The minimum atomic E-state index is -1.01. The lowest BCUT2D eigenvalue weighted by Crippen LogP contribution is -2.40. The molecule has 0 radical (unpaired) electrons. The molecule has 104 valence electrons. The molecule has 0 bridgehead atoms. The van der Waals surface area contributed by atoms with E-state index in [1.807, 2.05) is 0 Å². The average molecular weight is 259 g/mol. The third-order valence-electron chi connectivity index (χ3n) is 2.84. The molecule has 1 saturated heterocycles. The summed E-state index contributed by atoms with van der Waals surface area (Å²) in [6.07, 6.45) is 2.76. The number of ether oxygens (including phenoxy) is 2. The van der Waals surface area contributed by atoms with Crippen molar-refractivity contribution in [3.05, 3.63) is 0 Å². The van der Waals surface area contributed by atoms with Gasteiger partial charge in [-0.15, -0.1) is 0 Å². The number of nitrogens with one attached hydrogen (secondary N) is 1. The van der Waals surface area contributed by atoms with Crippen LogP contribution < -0.4 is 5.32 Å². The molecule has 2 atom stereocenters. The van der Waals surface area contributed by atoms with E-state index in [-0.39, 0.29) is 18.4 Å². The van der Waals surface area contributed by atoms with Crippen molar-refractivity contribution in [3.8, 4) is 0 Å². The van der Waals surface area contributed by atoms with Gasteiger partial charge in [-0.25, -0.2) is 4.79 Å². The number of carbonyl (C=O) groups excluding carboxylic acids is 1. The predicted octanol–water partition coefficient (Wildman–Crippen LogP) is 0.552. The molecule has 2 unspecified atom stereocenters. The lowest BCUT2D eigenvalue weighted by molar-refractivity contribution is -0.142. The molecule has 0 spiro atoms. The number of amides is 1. The van der Waals surface area contributed by atoms with Crippen LogP contribution in [-0.4, -0.2) is 48.9 Å². The zero-order valence-electron chi connectivity index (χ0n) is 10.7. The van der Waals surface area contributed by atoms with Crippen molar-refractivity contribution in [2.75, 3.05) is 19.8 Å². The zero-order valence-corrected chi connectivity index (χ0v) is 10.7. The summed E-state index contributed by atoms with van der Waals surface area (Å²) < 4.78 is 10.7. The highest BCUT2D eigenvalue weighted by molar-refractivity contribution is 5.83. The molecule has 18 heavy (non-hydrogen) atoms. The molecule has 6 heteroatoms. The SMILES string of the molecule is CCC(NC(=O)CCOCC1CCCO1)C(=O)O. The van der Waals surface area contributed by atoms with Crippen molar-refractivity contribution >= 4 is 11.9 Å². The number of rotatable bonds is 8. The van der Waals surface area contributed by atoms with Gasteiger partial charge in [-0.1, -0.05) is 6.92 Å². The summed E-state index contributed by atoms with van der Waals surface area (Å²) in [4.78, 5) is 22.1. The molecule has 1 rings (SSSR count). The second-order valence-corrected chi connectivity index (χ2v) is 4.33. The second-order valence-electron chi connectivity index (χ2n) is 4.33. The molecular weight excluding hydrogens is 238 g/mol. The largest absolute Gasteiger partial charge is 0.480 e. The Labute approximate surface area is 107 Å². The molecule has 1 aliphatic heterocycles. The van der Waals surface area contributed by atoms with Crippen LogP contribution >= 0.6 is 0 Å². The first-order valence-electron chi connectivity index (χ1n) is 6.35. The quantitative estimate of drug-likeness (QED) is 0.622. The van der Waals surface area contributed by atoms with Crippen LogP contribution in [0.4, 0.5) is 0 Å². The van der Waals surface area contributed by atoms with Crippen molar-refractivity contribution in [2.24, 2.45) is 0 Å². The number of carboxylic acids is 1. The van der Waals surface area contributed by atoms with E-state index in [1.54, 1.807) is 6.92 Å². The van der Waals surface area contributed by atoms with E-state index in [0.29, 0.717) is 19.6 Å². The summed E-state index contributed by atoms with van der Waals surface area (Å²) in [5.74, 6) is -1.30. The van der Waals surface area contributed by atoms with Gasteiger partial charge in [-0.2, -0.15) is 0 Å². The number of carboxylic acid groups (broad SMARTS) is 1. The van der Waals surface area contributed by atoms with Gasteiger partial charge in [0.05, 0.1) is 19.3 Å². The smallest absolute Gasteiger partial charge is 0.326 e. The molecule has 1 amide bonds. The monoisotopic (exact) mass is 259 g/mol. The van der Waals surface area contributed by atoms with Crippen LogP contribution in [0.1, 0.15) is 32.6 Å². The van der Waals surface area contributed by atoms with Crippen molar-refractivity contribution in [1.82, 2.24) is 5.32 Å². The van der Waals surface area contributed by atoms with Crippen molar-refractivity contribution < 1.29 is 24.2 Å². The van der Waals surface area contributed by atoms with Gasteiger partial charge in [0, 0.05) is 13.0 Å². The summed E-state index contributed by atoms with van der Waals surface area (Å²) in [5.41, 5.74) is 0. The van der Waals surface area contributed by atoms with Gasteiger partial charge in [0.1, 0.15) is 6.04 Å². The first-order valence-corrected chi connectivity index (χ1v) is 6.35. The van der Waals surface area contributed by atoms with E-state index in [4.69, 9.17) is 14.6 Å². The van der Waals surface area contributed by atoms with Gasteiger partial charge in [-0.3, -0.25) is 4.79 Å². The Morgan fingerprint density at radius 2 is 2.33 bits per heavy atom. The molecule has 2 N–H and O–H groups in total. The fourth-order valence-electron chi connectivity index (χ4n) is 1.76. The number of hydrogen-bond donors (Lipinski definition) is 2. The average Bonchev–Trinajstić information content (AvgIpc) is 2.84. The molecule has 0 aromatic carbocycles. The molecule has 1 heterocycles. The number of carbonyl (C=O) groups is 2. The molecule has 0 saturated carbocycles. The third-order valence-corrected chi connectivity index (χ3v) is 2.84. The molecule has 6 nitrogen and oxygen atoms in total. The summed E-state index contributed by atoms with van der Waals surface area (Å²) >= 11 is 0. The summed E-state index contributed by atoms with van der Waals surface area (Å²) in [7, 11) is 0. The highest BCUT2D eigenvalue weighted by Crippen LogP contribution is 2.11. The molecular formula is C12H21NO5. The van der Waals surface area contributed by atoms with Gasteiger partial charge < -0.3 is 19.9 Å². The molecule has 0 aliphatic carbocycles. The van der Waals surface area contributed by atoms with Gasteiger partial charge in [-0.05, 0) is 19.3 Å². The van der Waals surface area contributed by atoms with Crippen LogP contribution in [0.25, 0.3) is 0 Å². The Morgan fingerprint density at radius 1 is 1.56 bits per heavy atom. The second kappa shape index (κ2) is 8.05. The van der Waals surface area contributed by atoms with Gasteiger partial charge in [0.25, 0.3) is 0 Å². The standard InChI is InChI=1S/C12H21NO5/c1-2-10(12(15)16)13-11(14)5-7-17-8-9-4-3-6-18-9/h9-10H,2-8H2,1H3,(H,13,14)(H,15,16). The Balaban J connectivity index is 2.07. The lowest BCUT2D eigenvalue weighted by atomic mass is 10.2. The van der Waals surface area contributed by atoms with E-state index in [0.717, 1.165) is 19.4 Å². The van der Waals surface area contributed by atoms with Gasteiger partial charge in [0.2, 0.25) is 5.91 Å². The van der Waals surface area contributed by atoms with E-state index in [1.165, 1.54) is 0 Å². The Morgan fingerprint density at radius 3 is 2.89 bits per heavy atom. The maximum atomic E-state index is 11.4. The summed E-state index contributed by atoms with van der Waals surface area (Å²) in [6.45, 7) is 3.30. The summed E-state index contributed by atoms with van der Waals surface area (Å²) in [6, 6.07) is -0.810. The Bertz CT molecular complexity index is 276. The minimum Gasteiger partial charge on any atom is -0.480 e. The zero-order chi connectivity index (χ0) is 13.4. The minimum absolute atomic E-state index is 0.149.